The lowest BCUT2D eigenvalue weighted by Gasteiger charge is -2.27. The number of carbonyl (C=O) groups excluding carboxylic acids is 3. The van der Waals surface area contributed by atoms with E-state index in [4.69, 9.17) is 4.74 Å². The van der Waals surface area contributed by atoms with E-state index in [1.165, 1.54) is 0 Å². The number of nitrogens with zero attached hydrogens (tertiary/aromatic N) is 2. The molecule has 2 aromatic carbocycles. The summed E-state index contributed by atoms with van der Waals surface area (Å²) >= 11 is 0. The van der Waals surface area contributed by atoms with Crippen LogP contribution in [0.15, 0.2) is 66.9 Å². The molecule has 1 aromatic heterocycles. The SMILES string of the molecule is CCNC(=O)c1ccc(-c2ccc(C3(C(=O)N4CC[C@@]5(C4)OC(=O)c4ccccc45)CC3)cc2)cn1. The molecule has 7 heteroatoms. The summed E-state index contributed by atoms with van der Waals surface area (Å²) in [6.07, 6.45) is 3.94. The number of amides is 2. The summed E-state index contributed by atoms with van der Waals surface area (Å²) in [5, 5.41) is 2.75. The van der Waals surface area contributed by atoms with Crippen LogP contribution < -0.4 is 5.32 Å². The van der Waals surface area contributed by atoms with E-state index in [2.05, 4.69) is 10.3 Å². The highest BCUT2D eigenvalue weighted by atomic mass is 16.6. The molecule has 6 rings (SSSR count). The Morgan fingerprint density at radius 2 is 1.75 bits per heavy atom. The molecule has 0 bridgehead atoms. The zero-order valence-corrected chi connectivity index (χ0v) is 20.1. The minimum atomic E-state index is -0.726. The Bertz CT molecular complexity index is 1360. The van der Waals surface area contributed by atoms with Gasteiger partial charge in [0.2, 0.25) is 5.91 Å². The normalized spacial score (nSPS) is 21.2. The second-order valence-electron chi connectivity index (χ2n) is 9.86. The number of benzene rings is 2. The van der Waals surface area contributed by atoms with Gasteiger partial charge in [-0.15, -0.1) is 0 Å². The lowest BCUT2D eigenvalue weighted by molar-refractivity contribution is -0.134. The third-order valence-electron chi connectivity index (χ3n) is 7.71. The van der Waals surface area contributed by atoms with Gasteiger partial charge in [-0.05, 0) is 43.0 Å². The summed E-state index contributed by atoms with van der Waals surface area (Å²) in [7, 11) is 0. The molecule has 0 radical (unpaired) electrons. The Morgan fingerprint density at radius 3 is 2.44 bits per heavy atom. The molecule has 1 saturated carbocycles. The van der Waals surface area contributed by atoms with Crippen LogP contribution in [0.1, 0.15) is 58.2 Å². The maximum Gasteiger partial charge on any atom is 0.339 e. The minimum absolute atomic E-state index is 0.112. The predicted octanol–water partition coefficient (Wildman–Crippen LogP) is 3.83. The third-order valence-corrected chi connectivity index (χ3v) is 7.71. The molecule has 3 aromatic rings. The monoisotopic (exact) mass is 481 g/mol. The fourth-order valence-corrected chi connectivity index (χ4v) is 5.59. The fraction of sp³-hybridized carbons (Fsp3) is 0.310. The first-order valence-electron chi connectivity index (χ1n) is 12.4. The van der Waals surface area contributed by atoms with Gasteiger partial charge < -0.3 is 15.0 Å². The van der Waals surface area contributed by atoms with Crippen LogP contribution in [0.3, 0.4) is 0 Å². The Labute approximate surface area is 209 Å². The van der Waals surface area contributed by atoms with Crippen molar-refractivity contribution in [3.05, 3.63) is 89.2 Å². The Balaban J connectivity index is 1.19. The molecule has 1 aliphatic carbocycles. The molecule has 3 aliphatic rings. The van der Waals surface area contributed by atoms with Crippen LogP contribution in [-0.2, 0) is 20.5 Å². The average Bonchev–Trinajstić information content (AvgIpc) is 3.54. The maximum atomic E-state index is 13.7. The van der Waals surface area contributed by atoms with E-state index in [0.717, 1.165) is 35.1 Å². The molecule has 1 spiro atoms. The zero-order valence-electron chi connectivity index (χ0n) is 20.1. The first-order valence-corrected chi connectivity index (χ1v) is 12.4. The maximum absolute atomic E-state index is 13.7. The van der Waals surface area contributed by atoms with Gasteiger partial charge in [0.15, 0.2) is 5.60 Å². The summed E-state index contributed by atoms with van der Waals surface area (Å²) in [5.74, 6) is -0.376. The van der Waals surface area contributed by atoms with Gasteiger partial charge in [0.25, 0.3) is 5.91 Å². The number of likely N-dealkylation sites (tertiary alicyclic amines) is 1. The number of carbonyl (C=O) groups is 3. The summed E-state index contributed by atoms with van der Waals surface area (Å²) < 4.78 is 5.84. The van der Waals surface area contributed by atoms with Gasteiger partial charge in [-0.3, -0.25) is 14.6 Å². The molecule has 3 heterocycles. The molecule has 2 aliphatic heterocycles. The van der Waals surface area contributed by atoms with Crippen molar-refractivity contribution in [3.8, 4) is 11.1 Å². The first-order chi connectivity index (χ1) is 17.5. The van der Waals surface area contributed by atoms with Crippen molar-refractivity contribution in [1.82, 2.24) is 15.2 Å². The second-order valence-corrected chi connectivity index (χ2v) is 9.86. The van der Waals surface area contributed by atoms with Crippen molar-refractivity contribution in [2.45, 2.75) is 37.2 Å². The van der Waals surface area contributed by atoms with E-state index < -0.39 is 11.0 Å². The van der Waals surface area contributed by atoms with Crippen molar-refractivity contribution in [2.75, 3.05) is 19.6 Å². The van der Waals surface area contributed by atoms with Crippen LogP contribution in [0.4, 0.5) is 0 Å². The largest absolute Gasteiger partial charge is 0.449 e. The molecular weight excluding hydrogens is 454 g/mol. The molecule has 2 amide bonds. The van der Waals surface area contributed by atoms with E-state index in [-0.39, 0.29) is 17.8 Å². The lowest BCUT2D eigenvalue weighted by Crippen LogP contribution is -2.40. The van der Waals surface area contributed by atoms with E-state index in [1.807, 2.05) is 60.4 Å². The van der Waals surface area contributed by atoms with Crippen molar-refractivity contribution in [3.63, 3.8) is 0 Å². The van der Waals surface area contributed by atoms with Crippen molar-refractivity contribution < 1.29 is 19.1 Å². The van der Waals surface area contributed by atoms with Gasteiger partial charge >= 0.3 is 5.97 Å². The Kier molecular flexibility index (Phi) is 5.18. The molecule has 1 atom stereocenters. The highest BCUT2D eigenvalue weighted by molar-refractivity contribution is 5.96. The average molecular weight is 482 g/mol. The summed E-state index contributed by atoms with van der Waals surface area (Å²) in [5.41, 5.74) is 3.55. The first kappa shape index (κ1) is 22.5. The number of rotatable bonds is 5. The number of fused-ring (bicyclic) bond motifs is 2. The van der Waals surface area contributed by atoms with Crippen LogP contribution in [0.5, 0.6) is 0 Å². The van der Waals surface area contributed by atoms with Gasteiger partial charge in [-0.25, -0.2) is 4.79 Å². The Hall–Kier alpha value is -4.00. The van der Waals surface area contributed by atoms with E-state index in [9.17, 15) is 14.4 Å². The van der Waals surface area contributed by atoms with Gasteiger partial charge in [-0.1, -0.05) is 48.5 Å². The van der Waals surface area contributed by atoms with Gasteiger partial charge in [0.05, 0.1) is 17.5 Å². The van der Waals surface area contributed by atoms with Crippen LogP contribution in [0.2, 0.25) is 0 Å². The zero-order chi connectivity index (χ0) is 24.9. The molecule has 182 valence electrons. The van der Waals surface area contributed by atoms with E-state index in [0.29, 0.717) is 37.3 Å². The summed E-state index contributed by atoms with van der Waals surface area (Å²) in [6, 6.07) is 19.2. The molecule has 1 saturated heterocycles. The number of aromatic nitrogens is 1. The van der Waals surface area contributed by atoms with E-state index >= 15 is 0 Å². The molecular formula is C29H27N3O4. The van der Waals surface area contributed by atoms with Crippen molar-refractivity contribution in [1.29, 1.82) is 0 Å². The smallest absolute Gasteiger partial charge is 0.339 e. The van der Waals surface area contributed by atoms with Gasteiger partial charge in [0, 0.05) is 36.8 Å². The highest BCUT2D eigenvalue weighted by Crippen LogP contribution is 2.52. The highest BCUT2D eigenvalue weighted by Gasteiger charge is 2.57. The minimum Gasteiger partial charge on any atom is -0.449 e. The van der Waals surface area contributed by atoms with Gasteiger partial charge in [0.1, 0.15) is 5.69 Å². The second kappa shape index (κ2) is 8.29. The number of hydrogen-bond donors (Lipinski definition) is 1. The number of pyridine rings is 1. The van der Waals surface area contributed by atoms with Crippen molar-refractivity contribution >= 4 is 17.8 Å². The molecule has 7 nitrogen and oxygen atoms in total. The lowest BCUT2D eigenvalue weighted by atomic mass is 9.91. The molecule has 0 unspecified atom stereocenters. The molecule has 2 fully saturated rings. The fourth-order valence-electron chi connectivity index (χ4n) is 5.59. The summed E-state index contributed by atoms with van der Waals surface area (Å²) in [6.45, 7) is 3.40. The Morgan fingerprint density at radius 1 is 1.00 bits per heavy atom. The number of esters is 1. The predicted molar refractivity (Wildman–Crippen MR) is 133 cm³/mol. The molecule has 36 heavy (non-hydrogen) atoms. The summed E-state index contributed by atoms with van der Waals surface area (Å²) in [4.78, 5) is 44.2. The molecule has 1 N–H and O–H groups in total. The van der Waals surface area contributed by atoms with Crippen molar-refractivity contribution in [2.24, 2.45) is 0 Å². The number of nitrogens with one attached hydrogen (secondary N) is 1. The van der Waals surface area contributed by atoms with E-state index in [1.54, 1.807) is 18.3 Å². The van der Waals surface area contributed by atoms with Crippen LogP contribution in [0, 0.1) is 0 Å². The standard InChI is InChI=1S/C29H27N3O4/c1-2-30-25(33)24-12-9-20(17-31-24)19-7-10-21(11-8-19)28(13-14-28)27(35)32-16-15-29(18-32)23-6-4-3-5-22(23)26(34)36-29/h3-12,17H,2,13-16,18H2,1H3,(H,30,33)/t29-/m0/s1. The topological polar surface area (TPSA) is 88.6 Å². The van der Waals surface area contributed by atoms with Crippen LogP contribution >= 0.6 is 0 Å². The number of ether oxygens (including phenoxy) is 1. The third kappa shape index (κ3) is 3.49. The number of hydrogen-bond acceptors (Lipinski definition) is 5. The van der Waals surface area contributed by atoms with Crippen LogP contribution in [0.25, 0.3) is 11.1 Å². The van der Waals surface area contributed by atoms with Gasteiger partial charge in [-0.2, -0.15) is 0 Å². The quantitative estimate of drug-likeness (QED) is 0.560. The van der Waals surface area contributed by atoms with Crippen LogP contribution in [-0.4, -0.2) is 47.3 Å².